The second kappa shape index (κ2) is 9.56. The van der Waals surface area contributed by atoms with E-state index in [1.807, 2.05) is 59.5 Å². The molecule has 0 radical (unpaired) electrons. The first-order valence-electron chi connectivity index (χ1n) is 10.6. The van der Waals surface area contributed by atoms with Crippen LogP contribution in [0.15, 0.2) is 72.8 Å². The lowest BCUT2D eigenvalue weighted by molar-refractivity contribution is -0.137. The topological polar surface area (TPSA) is 67.9 Å². The van der Waals surface area contributed by atoms with Crippen molar-refractivity contribution in [3.05, 3.63) is 89.5 Å². The van der Waals surface area contributed by atoms with Crippen LogP contribution in [0.1, 0.15) is 28.4 Å². The number of carbonyl (C=O) groups is 2. The first-order chi connectivity index (χ1) is 15.5. The quantitative estimate of drug-likeness (QED) is 0.633. The minimum Gasteiger partial charge on any atom is -0.497 e. The minimum atomic E-state index is -0.572. The van der Waals surface area contributed by atoms with Crippen molar-refractivity contribution < 1.29 is 19.1 Å². The Morgan fingerprint density at radius 1 is 1.09 bits per heavy atom. The van der Waals surface area contributed by atoms with E-state index < -0.39 is 6.10 Å². The Kier molecular flexibility index (Phi) is 6.40. The van der Waals surface area contributed by atoms with E-state index in [4.69, 9.17) is 9.47 Å². The summed E-state index contributed by atoms with van der Waals surface area (Å²) in [5.74, 6) is 1.24. The van der Waals surface area contributed by atoms with Gasteiger partial charge in [0.1, 0.15) is 11.5 Å². The first kappa shape index (κ1) is 21.4. The normalized spacial score (nSPS) is 15.4. The standard InChI is InChI=1S/C26H26N2O4/c1-18-26(30)28(15-14-19-8-11-23(31-2)12-9-19)17-21-16-22(10-13-24(21)32-18)27-25(29)20-6-4-3-5-7-20/h3-13,16,18H,14-15,17H2,1-2H3,(H,27,29). The van der Waals surface area contributed by atoms with Crippen LogP contribution in [-0.2, 0) is 17.8 Å². The van der Waals surface area contributed by atoms with E-state index >= 15 is 0 Å². The zero-order valence-electron chi connectivity index (χ0n) is 18.2. The molecular formula is C26H26N2O4. The molecule has 3 aromatic rings. The second-order valence-corrected chi connectivity index (χ2v) is 7.76. The van der Waals surface area contributed by atoms with Crippen molar-refractivity contribution in [1.29, 1.82) is 0 Å². The van der Waals surface area contributed by atoms with E-state index in [-0.39, 0.29) is 11.8 Å². The van der Waals surface area contributed by atoms with Crippen molar-refractivity contribution in [1.82, 2.24) is 4.90 Å². The lowest BCUT2D eigenvalue weighted by Gasteiger charge is -2.22. The Hall–Kier alpha value is -3.80. The number of nitrogens with one attached hydrogen (secondary N) is 1. The fourth-order valence-electron chi connectivity index (χ4n) is 3.72. The van der Waals surface area contributed by atoms with Gasteiger partial charge in [-0.2, -0.15) is 0 Å². The van der Waals surface area contributed by atoms with E-state index in [0.29, 0.717) is 30.1 Å². The number of nitrogens with zero attached hydrogens (tertiary/aromatic N) is 1. The maximum atomic E-state index is 12.9. The van der Waals surface area contributed by atoms with Crippen LogP contribution >= 0.6 is 0 Å². The molecule has 0 saturated heterocycles. The number of hydrogen-bond acceptors (Lipinski definition) is 4. The Labute approximate surface area is 187 Å². The molecular weight excluding hydrogens is 404 g/mol. The molecule has 1 unspecified atom stereocenters. The van der Waals surface area contributed by atoms with Gasteiger partial charge >= 0.3 is 0 Å². The zero-order chi connectivity index (χ0) is 22.5. The fourth-order valence-corrected chi connectivity index (χ4v) is 3.72. The van der Waals surface area contributed by atoms with Gasteiger partial charge in [0.15, 0.2) is 6.10 Å². The van der Waals surface area contributed by atoms with Gasteiger partial charge in [0, 0.05) is 29.9 Å². The van der Waals surface area contributed by atoms with Crippen LogP contribution in [0.25, 0.3) is 0 Å². The molecule has 1 heterocycles. The minimum absolute atomic E-state index is 0.0513. The summed E-state index contributed by atoms with van der Waals surface area (Å²) in [6.45, 7) is 2.76. The van der Waals surface area contributed by atoms with Crippen molar-refractivity contribution >= 4 is 17.5 Å². The van der Waals surface area contributed by atoms with Gasteiger partial charge < -0.3 is 19.7 Å². The fraction of sp³-hybridized carbons (Fsp3) is 0.231. The van der Waals surface area contributed by atoms with Crippen LogP contribution < -0.4 is 14.8 Å². The number of carbonyl (C=O) groups excluding carboxylic acids is 2. The predicted octanol–water partition coefficient (Wildman–Crippen LogP) is 4.30. The van der Waals surface area contributed by atoms with Gasteiger partial charge in [-0.05, 0) is 61.4 Å². The molecule has 6 heteroatoms. The highest BCUT2D eigenvalue weighted by Crippen LogP contribution is 2.29. The summed E-state index contributed by atoms with van der Waals surface area (Å²) in [4.78, 5) is 27.2. The van der Waals surface area contributed by atoms with Crippen molar-refractivity contribution in [3.8, 4) is 11.5 Å². The largest absolute Gasteiger partial charge is 0.497 e. The highest BCUT2D eigenvalue weighted by molar-refractivity contribution is 6.04. The van der Waals surface area contributed by atoms with E-state index in [1.165, 1.54) is 0 Å². The number of anilines is 1. The van der Waals surface area contributed by atoms with Gasteiger partial charge in [-0.3, -0.25) is 9.59 Å². The highest BCUT2D eigenvalue weighted by Gasteiger charge is 2.27. The van der Waals surface area contributed by atoms with E-state index in [1.54, 1.807) is 32.2 Å². The lowest BCUT2D eigenvalue weighted by Crippen LogP contribution is -2.39. The number of hydrogen-bond donors (Lipinski definition) is 1. The average Bonchev–Trinajstić information content (AvgIpc) is 2.94. The highest BCUT2D eigenvalue weighted by atomic mass is 16.5. The molecule has 0 aromatic heterocycles. The molecule has 0 bridgehead atoms. The van der Waals surface area contributed by atoms with Crippen LogP contribution in [0, 0.1) is 0 Å². The summed E-state index contributed by atoms with van der Waals surface area (Å²) < 4.78 is 11.1. The average molecular weight is 431 g/mol. The molecule has 1 N–H and O–H groups in total. The third-order valence-electron chi connectivity index (χ3n) is 5.51. The molecule has 0 spiro atoms. The maximum absolute atomic E-state index is 12.9. The molecule has 0 saturated carbocycles. The molecule has 2 amide bonds. The summed E-state index contributed by atoms with van der Waals surface area (Å²) in [5.41, 5.74) is 3.24. The molecule has 1 atom stereocenters. The zero-order valence-corrected chi connectivity index (χ0v) is 18.2. The number of fused-ring (bicyclic) bond motifs is 1. The summed E-state index contributed by atoms with van der Waals surface area (Å²) in [5, 5.41) is 2.92. The van der Waals surface area contributed by atoms with Gasteiger partial charge in [0.25, 0.3) is 11.8 Å². The molecule has 1 aliphatic rings. The molecule has 4 rings (SSSR count). The Morgan fingerprint density at radius 3 is 2.56 bits per heavy atom. The molecule has 3 aromatic carbocycles. The monoisotopic (exact) mass is 430 g/mol. The molecule has 6 nitrogen and oxygen atoms in total. The third-order valence-corrected chi connectivity index (χ3v) is 5.51. The van der Waals surface area contributed by atoms with Crippen LogP contribution in [0.5, 0.6) is 11.5 Å². The third kappa shape index (κ3) is 4.91. The number of amides is 2. The van der Waals surface area contributed by atoms with E-state index in [2.05, 4.69) is 5.32 Å². The molecule has 0 fully saturated rings. The summed E-state index contributed by atoms with van der Waals surface area (Å²) in [6, 6.07) is 22.4. The van der Waals surface area contributed by atoms with Crippen molar-refractivity contribution in [2.75, 3.05) is 19.0 Å². The summed E-state index contributed by atoms with van der Waals surface area (Å²) in [6.07, 6.45) is 0.152. The van der Waals surface area contributed by atoms with Crippen LogP contribution in [0.3, 0.4) is 0 Å². The Bertz CT molecular complexity index is 1100. The Morgan fingerprint density at radius 2 is 1.84 bits per heavy atom. The van der Waals surface area contributed by atoms with Gasteiger partial charge in [-0.15, -0.1) is 0 Å². The van der Waals surface area contributed by atoms with Crippen molar-refractivity contribution in [3.63, 3.8) is 0 Å². The second-order valence-electron chi connectivity index (χ2n) is 7.76. The first-order valence-corrected chi connectivity index (χ1v) is 10.6. The smallest absolute Gasteiger partial charge is 0.263 e. The molecule has 0 aliphatic carbocycles. The van der Waals surface area contributed by atoms with Crippen molar-refractivity contribution in [2.24, 2.45) is 0 Å². The van der Waals surface area contributed by atoms with Crippen molar-refractivity contribution in [2.45, 2.75) is 26.0 Å². The maximum Gasteiger partial charge on any atom is 0.263 e. The molecule has 164 valence electrons. The van der Waals surface area contributed by atoms with Gasteiger partial charge in [0.2, 0.25) is 0 Å². The summed E-state index contributed by atoms with van der Waals surface area (Å²) >= 11 is 0. The van der Waals surface area contributed by atoms with Crippen LogP contribution in [-0.4, -0.2) is 36.5 Å². The number of methoxy groups -OCH3 is 1. The number of rotatable bonds is 6. The van der Waals surface area contributed by atoms with Gasteiger partial charge in [-0.1, -0.05) is 30.3 Å². The van der Waals surface area contributed by atoms with Gasteiger partial charge in [-0.25, -0.2) is 0 Å². The van der Waals surface area contributed by atoms with Crippen LogP contribution in [0.4, 0.5) is 5.69 Å². The predicted molar refractivity (Wildman–Crippen MR) is 123 cm³/mol. The molecule has 1 aliphatic heterocycles. The Balaban J connectivity index is 1.49. The number of benzene rings is 3. The molecule has 32 heavy (non-hydrogen) atoms. The van der Waals surface area contributed by atoms with Gasteiger partial charge in [0.05, 0.1) is 7.11 Å². The lowest BCUT2D eigenvalue weighted by atomic mass is 10.1. The summed E-state index contributed by atoms with van der Waals surface area (Å²) in [7, 11) is 1.64. The van der Waals surface area contributed by atoms with E-state index in [0.717, 1.165) is 23.3 Å². The van der Waals surface area contributed by atoms with Crippen LogP contribution in [0.2, 0.25) is 0 Å². The van der Waals surface area contributed by atoms with E-state index in [9.17, 15) is 9.59 Å². The number of ether oxygens (including phenoxy) is 2. The SMILES string of the molecule is COc1ccc(CCN2Cc3cc(NC(=O)c4ccccc4)ccc3OC(C)C2=O)cc1.